The molecule has 0 nitrogen and oxygen atoms in total. The van der Waals surface area contributed by atoms with Crippen molar-refractivity contribution in [2.75, 3.05) is 0 Å². The third kappa shape index (κ3) is 1.79. The van der Waals surface area contributed by atoms with Crippen molar-refractivity contribution in [3.05, 3.63) is 30.3 Å². The Labute approximate surface area is 118 Å². The van der Waals surface area contributed by atoms with Crippen molar-refractivity contribution in [1.29, 1.82) is 0 Å². The number of alkyl halides is 2. The second kappa shape index (κ2) is 4.03. The normalized spacial score (nSPS) is 35.5. The van der Waals surface area contributed by atoms with Gasteiger partial charge in [-0.3, -0.25) is 0 Å². The monoisotopic (exact) mass is 360 g/mol. The molecule has 0 aromatic heterocycles. The Kier molecular flexibility index (Phi) is 2.92. The quantitative estimate of drug-likeness (QED) is 0.651. The first-order chi connectivity index (χ1) is 7.64. The minimum atomic E-state index is 0.149. The molecule has 2 aliphatic carbocycles. The molecular formula is C13H14Br2S. The summed E-state index contributed by atoms with van der Waals surface area (Å²) in [5.74, 6) is 0.894. The molecule has 2 unspecified atom stereocenters. The van der Waals surface area contributed by atoms with Crippen LogP contribution in [0.4, 0.5) is 0 Å². The number of benzene rings is 1. The first-order valence-corrected chi connectivity index (χ1v) is 8.16. The summed E-state index contributed by atoms with van der Waals surface area (Å²) in [6.07, 6.45) is 5.34. The summed E-state index contributed by atoms with van der Waals surface area (Å²) in [5.41, 5.74) is 0. The van der Waals surface area contributed by atoms with Crippen molar-refractivity contribution < 1.29 is 0 Å². The van der Waals surface area contributed by atoms with E-state index < -0.39 is 0 Å². The Hall–Kier alpha value is 0.530. The topological polar surface area (TPSA) is 0 Å². The molecule has 1 aromatic rings. The van der Waals surface area contributed by atoms with E-state index in [0.29, 0.717) is 4.75 Å². The van der Waals surface area contributed by atoms with Gasteiger partial charge in [-0.25, -0.2) is 0 Å². The summed E-state index contributed by atoms with van der Waals surface area (Å²) >= 11 is 9.87. The highest BCUT2D eigenvalue weighted by atomic mass is 79.9. The van der Waals surface area contributed by atoms with Gasteiger partial charge in [-0.05, 0) is 37.3 Å². The van der Waals surface area contributed by atoms with Crippen LogP contribution in [0.1, 0.15) is 25.7 Å². The summed E-state index contributed by atoms with van der Waals surface area (Å²) < 4.78 is 0.545. The van der Waals surface area contributed by atoms with E-state index in [0.717, 1.165) is 5.92 Å². The van der Waals surface area contributed by atoms with Gasteiger partial charge in [0.25, 0.3) is 0 Å². The van der Waals surface area contributed by atoms with E-state index in [4.69, 9.17) is 0 Å². The van der Waals surface area contributed by atoms with Crippen LogP contribution in [0.2, 0.25) is 0 Å². The van der Waals surface area contributed by atoms with Crippen LogP contribution in [-0.2, 0) is 0 Å². The Balaban J connectivity index is 1.85. The van der Waals surface area contributed by atoms with Crippen LogP contribution >= 0.6 is 43.6 Å². The SMILES string of the molecule is BrC1(Br)CCCC2CC21Sc1ccccc1. The molecule has 0 radical (unpaired) electrons. The number of hydrogen-bond acceptors (Lipinski definition) is 1. The Morgan fingerprint density at radius 1 is 1.19 bits per heavy atom. The molecular weight excluding hydrogens is 348 g/mol. The van der Waals surface area contributed by atoms with Crippen LogP contribution in [0.3, 0.4) is 0 Å². The summed E-state index contributed by atoms with van der Waals surface area (Å²) in [7, 11) is 0. The fourth-order valence-electron chi connectivity index (χ4n) is 2.77. The highest BCUT2D eigenvalue weighted by Crippen LogP contribution is 2.72. The molecule has 16 heavy (non-hydrogen) atoms. The molecule has 0 saturated heterocycles. The van der Waals surface area contributed by atoms with Gasteiger partial charge in [-0.1, -0.05) is 56.5 Å². The first kappa shape index (κ1) is 11.6. The molecule has 2 aliphatic rings. The second-order valence-electron chi connectivity index (χ2n) is 4.80. The van der Waals surface area contributed by atoms with Gasteiger partial charge in [0.1, 0.15) is 0 Å². The molecule has 2 saturated carbocycles. The standard InChI is InChI=1S/C13H14Br2S/c14-13(15)8-4-5-10-9-12(10,13)16-11-6-2-1-3-7-11/h1-3,6-7,10H,4-5,8-9H2. The van der Waals surface area contributed by atoms with Crippen LogP contribution in [0.5, 0.6) is 0 Å². The summed E-state index contributed by atoms with van der Waals surface area (Å²) in [6, 6.07) is 10.8. The van der Waals surface area contributed by atoms with Crippen molar-refractivity contribution in [3.63, 3.8) is 0 Å². The predicted molar refractivity (Wildman–Crippen MR) is 77.6 cm³/mol. The van der Waals surface area contributed by atoms with E-state index >= 15 is 0 Å². The molecule has 0 spiro atoms. The zero-order valence-electron chi connectivity index (χ0n) is 8.96. The van der Waals surface area contributed by atoms with E-state index in [1.165, 1.54) is 30.6 Å². The number of thioether (sulfide) groups is 1. The minimum absolute atomic E-state index is 0.149. The molecule has 0 amide bonds. The van der Waals surface area contributed by atoms with E-state index in [1.54, 1.807) is 0 Å². The maximum atomic E-state index is 3.91. The summed E-state index contributed by atoms with van der Waals surface area (Å²) in [5, 5.41) is 0. The molecule has 86 valence electrons. The lowest BCUT2D eigenvalue weighted by molar-refractivity contribution is 0.502. The largest absolute Gasteiger partial charge is 0.117 e. The van der Waals surface area contributed by atoms with Crippen LogP contribution < -0.4 is 0 Å². The average Bonchev–Trinajstić information content (AvgIpc) is 2.95. The van der Waals surface area contributed by atoms with Gasteiger partial charge in [0.15, 0.2) is 0 Å². The van der Waals surface area contributed by atoms with Gasteiger partial charge in [-0.2, -0.15) is 0 Å². The molecule has 0 heterocycles. The molecule has 2 atom stereocenters. The number of halogens is 2. The summed E-state index contributed by atoms with van der Waals surface area (Å²) in [6.45, 7) is 0. The lowest BCUT2D eigenvalue weighted by atomic mass is 10.00. The van der Waals surface area contributed by atoms with E-state index in [1.807, 2.05) is 0 Å². The molecule has 3 heteroatoms. The van der Waals surface area contributed by atoms with Crippen molar-refractivity contribution in [1.82, 2.24) is 0 Å². The van der Waals surface area contributed by atoms with Crippen molar-refractivity contribution in [3.8, 4) is 0 Å². The fraction of sp³-hybridized carbons (Fsp3) is 0.538. The number of rotatable bonds is 2. The van der Waals surface area contributed by atoms with E-state index in [9.17, 15) is 0 Å². The van der Waals surface area contributed by atoms with Gasteiger partial charge in [0.2, 0.25) is 0 Å². The van der Waals surface area contributed by atoms with Crippen LogP contribution in [-0.4, -0.2) is 7.98 Å². The average molecular weight is 362 g/mol. The van der Waals surface area contributed by atoms with Gasteiger partial charge in [-0.15, -0.1) is 11.8 Å². The van der Waals surface area contributed by atoms with Gasteiger partial charge in [0.05, 0.1) is 3.23 Å². The number of fused-ring (bicyclic) bond motifs is 1. The van der Waals surface area contributed by atoms with Crippen LogP contribution in [0.25, 0.3) is 0 Å². The van der Waals surface area contributed by atoms with Gasteiger partial charge >= 0.3 is 0 Å². The molecule has 2 fully saturated rings. The Morgan fingerprint density at radius 3 is 2.62 bits per heavy atom. The molecule has 0 aliphatic heterocycles. The van der Waals surface area contributed by atoms with Crippen molar-refractivity contribution in [2.24, 2.45) is 5.92 Å². The molecule has 3 rings (SSSR count). The summed E-state index contributed by atoms with van der Waals surface area (Å²) in [4.78, 5) is 1.40. The van der Waals surface area contributed by atoms with E-state index in [2.05, 4.69) is 74.0 Å². The zero-order chi connectivity index (χ0) is 11.2. The highest BCUT2D eigenvalue weighted by Gasteiger charge is 2.66. The van der Waals surface area contributed by atoms with Gasteiger partial charge in [0, 0.05) is 9.64 Å². The Morgan fingerprint density at radius 2 is 1.94 bits per heavy atom. The van der Waals surface area contributed by atoms with Crippen molar-refractivity contribution in [2.45, 2.75) is 38.6 Å². The number of hydrogen-bond donors (Lipinski definition) is 0. The Bertz CT molecular complexity index is 390. The third-order valence-electron chi connectivity index (χ3n) is 3.75. The molecule has 1 aromatic carbocycles. The maximum absolute atomic E-state index is 3.91. The highest BCUT2D eigenvalue weighted by molar-refractivity contribution is 9.25. The predicted octanol–water partition coefficient (Wildman–Crippen LogP) is 5.21. The van der Waals surface area contributed by atoms with Crippen LogP contribution in [0.15, 0.2) is 35.2 Å². The fourth-order valence-corrected chi connectivity index (χ4v) is 6.32. The smallest absolute Gasteiger partial charge is 0.0957 e. The van der Waals surface area contributed by atoms with Gasteiger partial charge < -0.3 is 0 Å². The van der Waals surface area contributed by atoms with Crippen LogP contribution in [0, 0.1) is 5.92 Å². The molecule has 0 N–H and O–H groups in total. The lowest BCUT2D eigenvalue weighted by Gasteiger charge is -2.35. The second-order valence-corrected chi connectivity index (χ2v) is 9.98. The lowest BCUT2D eigenvalue weighted by Crippen LogP contribution is -2.34. The third-order valence-corrected chi connectivity index (χ3v) is 8.21. The maximum Gasteiger partial charge on any atom is 0.0957 e. The molecule has 0 bridgehead atoms. The minimum Gasteiger partial charge on any atom is -0.117 e. The van der Waals surface area contributed by atoms with Crippen molar-refractivity contribution >= 4 is 43.6 Å². The first-order valence-electron chi connectivity index (χ1n) is 5.76. The zero-order valence-corrected chi connectivity index (χ0v) is 12.9. The van der Waals surface area contributed by atoms with E-state index in [-0.39, 0.29) is 3.23 Å².